The number of hydrogen-bond acceptors (Lipinski definition) is 5. The first-order chi connectivity index (χ1) is 15.4. The van der Waals surface area contributed by atoms with E-state index in [0.29, 0.717) is 43.6 Å². The molecule has 0 saturated carbocycles. The zero-order chi connectivity index (χ0) is 22.7. The van der Waals surface area contributed by atoms with Crippen molar-refractivity contribution in [1.82, 2.24) is 19.9 Å². The summed E-state index contributed by atoms with van der Waals surface area (Å²) in [6.07, 6.45) is 4.81. The molecule has 0 bridgehead atoms. The highest BCUT2D eigenvalue weighted by Gasteiger charge is 2.26. The van der Waals surface area contributed by atoms with Gasteiger partial charge in [-0.25, -0.2) is 9.97 Å². The lowest BCUT2D eigenvalue weighted by Gasteiger charge is -2.32. The number of aromatic nitrogens is 3. The Kier molecular flexibility index (Phi) is 6.20. The Morgan fingerprint density at radius 1 is 1.16 bits per heavy atom. The first-order valence-corrected chi connectivity index (χ1v) is 10.7. The van der Waals surface area contributed by atoms with Crippen molar-refractivity contribution in [2.45, 2.75) is 39.2 Å². The van der Waals surface area contributed by atoms with Crippen molar-refractivity contribution >= 4 is 11.8 Å². The predicted molar refractivity (Wildman–Crippen MR) is 120 cm³/mol. The maximum Gasteiger partial charge on any atom is 0.254 e. The Balaban J connectivity index is 1.38. The number of ether oxygens (including phenoxy) is 1. The number of nitrogens with two attached hydrogens (primary N) is 1. The highest BCUT2D eigenvalue weighted by atomic mass is 16.5. The average Bonchev–Trinajstić information content (AvgIpc) is 3.22. The van der Waals surface area contributed by atoms with Crippen molar-refractivity contribution in [3.05, 3.63) is 65.2 Å². The Morgan fingerprint density at radius 3 is 2.50 bits per heavy atom. The number of carbonyl (C=O) groups is 2. The second kappa shape index (κ2) is 9.21. The number of imidazole rings is 1. The fourth-order valence-electron chi connectivity index (χ4n) is 3.88. The van der Waals surface area contributed by atoms with Gasteiger partial charge in [-0.2, -0.15) is 0 Å². The summed E-state index contributed by atoms with van der Waals surface area (Å²) in [4.78, 5) is 38.2. The van der Waals surface area contributed by atoms with Crippen LogP contribution in [-0.2, 0) is 11.2 Å². The number of piperidine rings is 1. The third-order valence-corrected chi connectivity index (χ3v) is 5.77. The normalized spacial score (nSPS) is 14.4. The van der Waals surface area contributed by atoms with Crippen molar-refractivity contribution in [2.75, 3.05) is 13.1 Å². The van der Waals surface area contributed by atoms with Crippen LogP contribution in [0.25, 0.3) is 11.3 Å². The Morgan fingerprint density at radius 2 is 1.88 bits per heavy atom. The van der Waals surface area contributed by atoms with Crippen molar-refractivity contribution in [2.24, 2.45) is 5.73 Å². The molecular weight excluding hydrogens is 406 g/mol. The van der Waals surface area contributed by atoms with Gasteiger partial charge in [0.05, 0.1) is 18.4 Å². The molecule has 1 aromatic carbocycles. The van der Waals surface area contributed by atoms with E-state index in [-0.39, 0.29) is 23.5 Å². The minimum atomic E-state index is -0.603. The quantitative estimate of drug-likeness (QED) is 0.620. The molecule has 0 unspecified atom stereocenters. The summed E-state index contributed by atoms with van der Waals surface area (Å²) in [5, 5.41) is 0. The molecule has 0 radical (unpaired) electrons. The number of pyridine rings is 1. The summed E-state index contributed by atoms with van der Waals surface area (Å²) >= 11 is 0. The van der Waals surface area contributed by atoms with Crippen LogP contribution in [0.5, 0.6) is 5.88 Å². The van der Waals surface area contributed by atoms with Gasteiger partial charge in [0.15, 0.2) is 0 Å². The zero-order valence-corrected chi connectivity index (χ0v) is 18.3. The summed E-state index contributed by atoms with van der Waals surface area (Å²) in [7, 11) is 0. The van der Waals surface area contributed by atoms with Crippen LogP contribution in [0.15, 0.2) is 42.9 Å². The van der Waals surface area contributed by atoms with E-state index in [9.17, 15) is 9.59 Å². The molecule has 0 spiro atoms. The number of benzene rings is 1. The second-order valence-electron chi connectivity index (χ2n) is 8.18. The topological polar surface area (TPSA) is 114 Å². The van der Waals surface area contributed by atoms with Crippen LogP contribution >= 0.6 is 0 Å². The molecule has 1 fully saturated rings. The largest absolute Gasteiger partial charge is 0.474 e. The van der Waals surface area contributed by atoms with E-state index < -0.39 is 5.91 Å². The number of primary amides is 1. The van der Waals surface area contributed by atoms with Crippen molar-refractivity contribution < 1.29 is 14.3 Å². The van der Waals surface area contributed by atoms with Gasteiger partial charge in [-0.1, -0.05) is 29.8 Å². The number of H-pyrrole nitrogens is 1. The van der Waals surface area contributed by atoms with Crippen molar-refractivity contribution in [3.63, 3.8) is 0 Å². The lowest BCUT2D eigenvalue weighted by molar-refractivity contribution is -0.132. The van der Waals surface area contributed by atoms with Gasteiger partial charge in [0.25, 0.3) is 5.91 Å². The van der Waals surface area contributed by atoms with Crippen LogP contribution in [0.2, 0.25) is 0 Å². The van der Waals surface area contributed by atoms with E-state index in [0.717, 1.165) is 11.3 Å². The average molecular weight is 434 g/mol. The van der Waals surface area contributed by atoms with E-state index in [4.69, 9.17) is 10.5 Å². The fourth-order valence-corrected chi connectivity index (χ4v) is 3.88. The number of carbonyl (C=O) groups excluding carboxylic acids is 2. The Bertz CT molecular complexity index is 1110. The molecule has 3 N–H and O–H groups in total. The predicted octanol–water partition coefficient (Wildman–Crippen LogP) is 2.80. The molecule has 3 heterocycles. The van der Waals surface area contributed by atoms with Crippen LogP contribution in [0, 0.1) is 13.8 Å². The Hall–Kier alpha value is -3.68. The molecular formula is C24H27N5O3. The molecule has 2 aromatic heterocycles. The molecule has 32 heavy (non-hydrogen) atoms. The first-order valence-electron chi connectivity index (χ1n) is 10.7. The third kappa shape index (κ3) is 4.80. The van der Waals surface area contributed by atoms with E-state index >= 15 is 0 Å². The minimum Gasteiger partial charge on any atom is -0.474 e. The summed E-state index contributed by atoms with van der Waals surface area (Å²) < 4.78 is 6.03. The van der Waals surface area contributed by atoms with Gasteiger partial charge in [-0.15, -0.1) is 0 Å². The summed E-state index contributed by atoms with van der Waals surface area (Å²) in [5.74, 6) is -0.269. The molecule has 0 aliphatic carbocycles. The van der Waals surface area contributed by atoms with Crippen molar-refractivity contribution in [1.29, 1.82) is 0 Å². The summed E-state index contributed by atoms with van der Waals surface area (Å²) in [6, 6.07) is 9.69. The van der Waals surface area contributed by atoms with Crippen LogP contribution in [0.1, 0.15) is 40.0 Å². The van der Waals surface area contributed by atoms with E-state index in [1.807, 2.05) is 43.0 Å². The Labute approximate surface area is 186 Å². The molecule has 0 atom stereocenters. The number of amides is 2. The summed E-state index contributed by atoms with van der Waals surface area (Å²) in [5.41, 5.74) is 10.3. The van der Waals surface area contributed by atoms with E-state index in [2.05, 4.69) is 15.0 Å². The van der Waals surface area contributed by atoms with Crippen LogP contribution < -0.4 is 10.5 Å². The number of aromatic amines is 1. The maximum absolute atomic E-state index is 12.6. The molecule has 4 rings (SSSR count). The van der Waals surface area contributed by atoms with Gasteiger partial charge in [0, 0.05) is 43.4 Å². The lowest BCUT2D eigenvalue weighted by Crippen LogP contribution is -2.42. The minimum absolute atomic E-state index is 0.113. The number of aryl methyl sites for hydroxylation is 2. The summed E-state index contributed by atoms with van der Waals surface area (Å²) in [6.45, 7) is 5.13. The highest BCUT2D eigenvalue weighted by molar-refractivity contribution is 5.96. The monoisotopic (exact) mass is 433 g/mol. The molecule has 1 saturated heterocycles. The van der Waals surface area contributed by atoms with Gasteiger partial charge in [-0.05, 0) is 25.5 Å². The molecule has 8 nitrogen and oxygen atoms in total. The van der Waals surface area contributed by atoms with Crippen LogP contribution in [-0.4, -0.2) is 50.9 Å². The number of rotatable bonds is 6. The van der Waals surface area contributed by atoms with Gasteiger partial charge in [-0.3, -0.25) is 9.59 Å². The van der Waals surface area contributed by atoms with Crippen LogP contribution in [0.4, 0.5) is 0 Å². The fraction of sp³-hybridized carbons (Fsp3) is 0.333. The standard InChI is InChI=1S/C24H27N5O3/c1-15-3-5-17(6-4-15)11-21(30)29-9-7-19(8-10-29)32-24-20(23(25)31)12-18(13-26-24)22-16(2)27-14-28-22/h3-6,12-14,19H,7-11H2,1-2H3,(H2,25,31)(H,27,28). The highest BCUT2D eigenvalue weighted by Crippen LogP contribution is 2.27. The molecule has 3 aromatic rings. The SMILES string of the molecule is Cc1ccc(CC(=O)N2CCC(Oc3ncc(-c4nc[nH]c4C)cc3C(N)=O)CC2)cc1. The molecule has 166 valence electrons. The van der Waals surface area contributed by atoms with E-state index in [1.54, 1.807) is 18.6 Å². The van der Waals surface area contributed by atoms with E-state index in [1.165, 1.54) is 5.56 Å². The lowest BCUT2D eigenvalue weighted by atomic mass is 10.0. The number of hydrogen-bond donors (Lipinski definition) is 2. The number of likely N-dealkylation sites (tertiary alicyclic amines) is 1. The van der Waals surface area contributed by atoms with Gasteiger partial charge >= 0.3 is 0 Å². The van der Waals surface area contributed by atoms with Gasteiger partial charge < -0.3 is 20.4 Å². The molecule has 1 aliphatic heterocycles. The third-order valence-electron chi connectivity index (χ3n) is 5.77. The molecule has 8 heteroatoms. The smallest absolute Gasteiger partial charge is 0.254 e. The molecule has 2 amide bonds. The first kappa shape index (κ1) is 21.5. The van der Waals surface area contributed by atoms with Crippen LogP contribution in [0.3, 0.4) is 0 Å². The maximum atomic E-state index is 12.6. The van der Waals surface area contributed by atoms with Crippen molar-refractivity contribution in [3.8, 4) is 17.1 Å². The second-order valence-corrected chi connectivity index (χ2v) is 8.18. The van der Waals surface area contributed by atoms with Gasteiger partial charge in [0.1, 0.15) is 11.7 Å². The van der Waals surface area contributed by atoms with Gasteiger partial charge in [0.2, 0.25) is 11.8 Å². The molecule has 1 aliphatic rings. The number of nitrogens with one attached hydrogen (secondary N) is 1. The number of nitrogens with zero attached hydrogens (tertiary/aromatic N) is 3. The zero-order valence-electron chi connectivity index (χ0n) is 18.3.